The summed E-state index contributed by atoms with van der Waals surface area (Å²) in [5.41, 5.74) is 7.40. The molecule has 2 heterocycles. The van der Waals surface area contributed by atoms with E-state index >= 15 is 0 Å². The van der Waals surface area contributed by atoms with Crippen LogP contribution in [0, 0.1) is 0 Å². The predicted octanol–water partition coefficient (Wildman–Crippen LogP) is 1.56. The van der Waals surface area contributed by atoms with E-state index in [1.807, 2.05) is 12.1 Å². The van der Waals surface area contributed by atoms with Crippen molar-refractivity contribution in [3.63, 3.8) is 0 Å². The number of benzene rings is 1. The van der Waals surface area contributed by atoms with Gasteiger partial charge in [0.25, 0.3) is 5.91 Å². The molecule has 20 heavy (non-hydrogen) atoms. The lowest BCUT2D eigenvalue weighted by molar-refractivity contribution is 0.102. The van der Waals surface area contributed by atoms with E-state index in [-0.39, 0.29) is 11.6 Å². The third-order valence-corrected chi connectivity index (χ3v) is 3.12. The molecule has 100 valence electrons. The summed E-state index contributed by atoms with van der Waals surface area (Å²) in [5, 5.41) is 12.2. The summed E-state index contributed by atoms with van der Waals surface area (Å²) in [4.78, 5) is 11.9. The third kappa shape index (κ3) is 2.36. The summed E-state index contributed by atoms with van der Waals surface area (Å²) in [5.74, 6) is 0.226. The molecule has 7 nitrogen and oxygen atoms in total. The number of rotatable bonds is 3. The molecule has 0 saturated carbocycles. The Morgan fingerprint density at radius 2 is 2.05 bits per heavy atom. The number of nitrogens with two attached hydrogens (primary N) is 1. The fourth-order valence-electron chi connectivity index (χ4n) is 1.66. The fourth-order valence-corrected chi connectivity index (χ4v) is 2.10. The van der Waals surface area contributed by atoms with E-state index in [1.165, 1.54) is 0 Å². The first-order chi connectivity index (χ1) is 9.74. The van der Waals surface area contributed by atoms with Crippen molar-refractivity contribution in [2.45, 2.75) is 0 Å². The molecule has 0 radical (unpaired) electrons. The van der Waals surface area contributed by atoms with Gasteiger partial charge < -0.3 is 11.1 Å². The number of nitrogen functional groups attached to an aromatic ring is 1. The molecular formula is C12H10N6OS. The smallest absolute Gasteiger partial charge is 0.278 e. The van der Waals surface area contributed by atoms with Crippen LogP contribution < -0.4 is 11.1 Å². The lowest BCUT2D eigenvalue weighted by Crippen LogP contribution is -2.15. The van der Waals surface area contributed by atoms with Gasteiger partial charge in [0.2, 0.25) is 0 Å². The molecule has 2 aromatic heterocycles. The standard InChI is InChI=1S/C12H10N6OS/c13-8-1-3-9(4-2-8)18-11(5-6-14-18)15-12(19)10-7-20-17-16-10/h1-7H,13H2,(H,15,19). The molecule has 0 spiro atoms. The van der Waals surface area contributed by atoms with Crippen molar-refractivity contribution in [3.05, 3.63) is 47.6 Å². The number of hydrogen-bond donors (Lipinski definition) is 2. The van der Waals surface area contributed by atoms with E-state index in [9.17, 15) is 4.79 Å². The first-order valence-electron chi connectivity index (χ1n) is 5.72. The minimum Gasteiger partial charge on any atom is -0.399 e. The molecular weight excluding hydrogens is 276 g/mol. The fraction of sp³-hybridized carbons (Fsp3) is 0. The Balaban J connectivity index is 1.87. The maximum atomic E-state index is 11.9. The van der Waals surface area contributed by atoms with E-state index in [4.69, 9.17) is 5.73 Å². The van der Waals surface area contributed by atoms with Crippen molar-refractivity contribution < 1.29 is 4.79 Å². The molecule has 1 amide bonds. The lowest BCUT2D eigenvalue weighted by Gasteiger charge is -2.08. The van der Waals surface area contributed by atoms with Gasteiger partial charge in [-0.15, -0.1) is 5.10 Å². The Kier molecular flexibility index (Phi) is 3.13. The van der Waals surface area contributed by atoms with Crippen molar-refractivity contribution in [3.8, 4) is 5.69 Å². The zero-order chi connectivity index (χ0) is 13.9. The topological polar surface area (TPSA) is 98.7 Å². The first kappa shape index (κ1) is 12.3. The molecule has 1 aromatic carbocycles. The molecule has 8 heteroatoms. The van der Waals surface area contributed by atoms with Crippen LogP contribution in [0.2, 0.25) is 0 Å². The lowest BCUT2D eigenvalue weighted by atomic mass is 10.3. The summed E-state index contributed by atoms with van der Waals surface area (Å²) < 4.78 is 5.27. The number of carbonyl (C=O) groups is 1. The highest BCUT2D eigenvalue weighted by Gasteiger charge is 2.12. The summed E-state index contributed by atoms with van der Waals surface area (Å²) in [6, 6.07) is 8.89. The molecule has 0 bridgehead atoms. The van der Waals surface area contributed by atoms with Crippen LogP contribution in [0.1, 0.15) is 10.5 Å². The van der Waals surface area contributed by atoms with Crippen LogP contribution in [0.25, 0.3) is 5.69 Å². The maximum absolute atomic E-state index is 11.9. The largest absolute Gasteiger partial charge is 0.399 e. The van der Waals surface area contributed by atoms with Gasteiger partial charge in [0.05, 0.1) is 11.9 Å². The molecule has 0 aliphatic rings. The maximum Gasteiger partial charge on any atom is 0.278 e. The Morgan fingerprint density at radius 3 is 2.75 bits per heavy atom. The second-order valence-electron chi connectivity index (χ2n) is 3.96. The van der Waals surface area contributed by atoms with Gasteiger partial charge in [-0.25, -0.2) is 4.68 Å². The SMILES string of the molecule is Nc1ccc(-n2nccc2NC(=O)c2csnn2)cc1. The van der Waals surface area contributed by atoms with Crippen LogP contribution in [-0.4, -0.2) is 25.3 Å². The Bertz CT molecular complexity index is 719. The first-order valence-corrected chi connectivity index (χ1v) is 6.56. The molecule has 0 unspecified atom stereocenters. The van der Waals surface area contributed by atoms with Crippen LogP contribution in [-0.2, 0) is 0 Å². The minimum atomic E-state index is -0.323. The van der Waals surface area contributed by atoms with Gasteiger partial charge in [0.1, 0.15) is 5.82 Å². The molecule has 3 rings (SSSR count). The van der Waals surface area contributed by atoms with Gasteiger partial charge in [-0.05, 0) is 35.8 Å². The number of anilines is 2. The Hall–Kier alpha value is -2.74. The van der Waals surface area contributed by atoms with Gasteiger partial charge in [-0.2, -0.15) is 5.10 Å². The second kappa shape index (κ2) is 5.10. The summed E-state index contributed by atoms with van der Waals surface area (Å²) in [7, 11) is 0. The van der Waals surface area contributed by atoms with Crippen LogP contribution in [0.4, 0.5) is 11.5 Å². The summed E-state index contributed by atoms with van der Waals surface area (Å²) in [6.07, 6.45) is 1.60. The minimum absolute atomic E-state index is 0.278. The monoisotopic (exact) mass is 286 g/mol. The summed E-state index contributed by atoms with van der Waals surface area (Å²) in [6.45, 7) is 0. The molecule has 0 aliphatic heterocycles. The number of hydrogen-bond acceptors (Lipinski definition) is 6. The van der Waals surface area contributed by atoms with Gasteiger partial charge in [-0.3, -0.25) is 4.79 Å². The normalized spacial score (nSPS) is 10.4. The average molecular weight is 286 g/mol. The molecule has 3 N–H and O–H groups in total. The van der Waals surface area contributed by atoms with Crippen molar-refractivity contribution >= 4 is 28.9 Å². The molecule has 0 aliphatic carbocycles. The van der Waals surface area contributed by atoms with Gasteiger partial charge in [0, 0.05) is 17.1 Å². The predicted molar refractivity (Wildman–Crippen MR) is 75.8 cm³/mol. The van der Waals surface area contributed by atoms with Crippen LogP contribution >= 0.6 is 11.5 Å². The zero-order valence-corrected chi connectivity index (χ0v) is 11.0. The molecule has 0 atom stereocenters. The highest BCUT2D eigenvalue weighted by molar-refractivity contribution is 7.03. The van der Waals surface area contributed by atoms with Gasteiger partial charge in [0.15, 0.2) is 5.69 Å². The molecule has 0 fully saturated rings. The third-order valence-electron chi connectivity index (χ3n) is 2.61. The van der Waals surface area contributed by atoms with Crippen LogP contribution in [0.5, 0.6) is 0 Å². The Labute approximate surface area is 118 Å². The highest BCUT2D eigenvalue weighted by Crippen LogP contribution is 2.16. The molecule has 3 aromatic rings. The summed E-state index contributed by atoms with van der Waals surface area (Å²) >= 11 is 1.12. The highest BCUT2D eigenvalue weighted by atomic mass is 32.1. The number of nitrogens with zero attached hydrogens (tertiary/aromatic N) is 4. The van der Waals surface area contributed by atoms with Crippen molar-refractivity contribution in [1.82, 2.24) is 19.4 Å². The zero-order valence-electron chi connectivity index (χ0n) is 10.2. The number of nitrogens with one attached hydrogen (secondary N) is 1. The van der Waals surface area contributed by atoms with Crippen molar-refractivity contribution in [1.29, 1.82) is 0 Å². The van der Waals surface area contributed by atoms with E-state index in [0.717, 1.165) is 17.2 Å². The van der Waals surface area contributed by atoms with Gasteiger partial charge >= 0.3 is 0 Å². The average Bonchev–Trinajstić information content (AvgIpc) is 3.10. The number of carbonyl (C=O) groups excluding carboxylic acids is 1. The van der Waals surface area contributed by atoms with Crippen LogP contribution in [0.3, 0.4) is 0 Å². The van der Waals surface area contributed by atoms with Crippen molar-refractivity contribution in [2.75, 3.05) is 11.1 Å². The van der Waals surface area contributed by atoms with E-state index in [1.54, 1.807) is 34.5 Å². The van der Waals surface area contributed by atoms with Crippen molar-refractivity contribution in [2.24, 2.45) is 0 Å². The van der Waals surface area contributed by atoms with E-state index in [2.05, 4.69) is 20.0 Å². The number of aromatic nitrogens is 4. The quantitative estimate of drug-likeness (QED) is 0.712. The second-order valence-corrected chi connectivity index (χ2v) is 4.57. The van der Waals surface area contributed by atoms with E-state index in [0.29, 0.717) is 11.5 Å². The van der Waals surface area contributed by atoms with E-state index < -0.39 is 0 Å². The van der Waals surface area contributed by atoms with Gasteiger partial charge in [-0.1, -0.05) is 4.49 Å². The van der Waals surface area contributed by atoms with Crippen LogP contribution in [0.15, 0.2) is 41.9 Å². The number of amides is 1. The molecule has 0 saturated heterocycles. The Morgan fingerprint density at radius 1 is 1.25 bits per heavy atom.